The average Bonchev–Trinajstić information content (AvgIpc) is 1.85. The van der Waals surface area contributed by atoms with Crippen molar-refractivity contribution in [2.45, 2.75) is 52.0 Å². The molecule has 2 atom stereocenters. The molecule has 0 unspecified atom stereocenters. The highest BCUT2D eigenvalue weighted by molar-refractivity contribution is 4.75. The molecule has 1 aliphatic rings. The summed E-state index contributed by atoms with van der Waals surface area (Å²) in [6.45, 7) is 4.61. The zero-order chi connectivity index (χ0) is 8.27. The van der Waals surface area contributed by atoms with Crippen LogP contribution in [0.25, 0.3) is 0 Å². The van der Waals surface area contributed by atoms with E-state index in [-0.39, 0.29) is 0 Å². The molecule has 0 aromatic rings. The Morgan fingerprint density at radius 2 is 2.09 bits per heavy atom. The van der Waals surface area contributed by atoms with Crippen LogP contribution in [0.3, 0.4) is 0 Å². The molecule has 0 aromatic heterocycles. The van der Waals surface area contributed by atoms with Gasteiger partial charge in [0, 0.05) is 6.04 Å². The van der Waals surface area contributed by atoms with E-state index in [9.17, 15) is 0 Å². The molecule has 0 spiro atoms. The number of hydrogen-bond donors (Lipinski definition) is 1. The highest BCUT2D eigenvalue weighted by atomic mass is 14.6. The Morgan fingerprint density at radius 1 is 1.36 bits per heavy atom. The second kappa shape index (κ2) is 4.10. The van der Waals surface area contributed by atoms with Crippen molar-refractivity contribution >= 4 is 0 Å². The zero-order valence-electron chi connectivity index (χ0n) is 7.84. The molecule has 0 aromatic carbocycles. The first-order valence-electron chi connectivity index (χ1n) is 4.94. The molecular weight excluding hydrogens is 134 g/mol. The maximum atomic E-state index is 5.90. The Morgan fingerprint density at radius 3 is 2.64 bits per heavy atom. The third kappa shape index (κ3) is 3.24. The van der Waals surface area contributed by atoms with Crippen molar-refractivity contribution in [2.75, 3.05) is 0 Å². The Balaban J connectivity index is 2.23. The zero-order valence-corrected chi connectivity index (χ0v) is 7.84. The Kier molecular flexibility index (Phi) is 3.38. The summed E-state index contributed by atoms with van der Waals surface area (Å²) in [5, 5.41) is 0. The van der Waals surface area contributed by atoms with Crippen LogP contribution < -0.4 is 5.73 Å². The largest absolute Gasteiger partial charge is 0.328 e. The van der Waals surface area contributed by atoms with E-state index in [1.54, 1.807) is 0 Å². The van der Waals surface area contributed by atoms with Gasteiger partial charge < -0.3 is 5.73 Å². The molecule has 1 aliphatic carbocycles. The van der Waals surface area contributed by atoms with Crippen molar-refractivity contribution in [3.05, 3.63) is 0 Å². The van der Waals surface area contributed by atoms with Gasteiger partial charge in [-0.1, -0.05) is 26.7 Å². The van der Waals surface area contributed by atoms with Gasteiger partial charge in [-0.3, -0.25) is 0 Å². The van der Waals surface area contributed by atoms with Crippen LogP contribution in [-0.2, 0) is 0 Å². The Bertz CT molecular complexity index is 107. The quantitative estimate of drug-likeness (QED) is 0.651. The van der Waals surface area contributed by atoms with Gasteiger partial charge in [0.1, 0.15) is 0 Å². The van der Waals surface area contributed by atoms with Gasteiger partial charge in [0.25, 0.3) is 0 Å². The lowest BCUT2D eigenvalue weighted by molar-refractivity contribution is 0.280. The lowest BCUT2D eigenvalue weighted by Crippen LogP contribution is -2.28. The Labute approximate surface area is 70.4 Å². The van der Waals surface area contributed by atoms with Crippen LogP contribution in [0.1, 0.15) is 46.0 Å². The van der Waals surface area contributed by atoms with E-state index < -0.39 is 0 Å². The fourth-order valence-corrected chi connectivity index (χ4v) is 2.21. The Hall–Kier alpha value is -0.0400. The SMILES string of the molecule is CC(C)C[C@@H]1CCC[C@@H](N)C1. The minimum absolute atomic E-state index is 0.507. The predicted octanol–water partition coefficient (Wildman–Crippen LogP) is 2.55. The molecule has 0 aliphatic heterocycles. The second-order valence-electron chi connectivity index (χ2n) is 4.42. The fourth-order valence-electron chi connectivity index (χ4n) is 2.21. The van der Waals surface area contributed by atoms with E-state index >= 15 is 0 Å². The van der Waals surface area contributed by atoms with Gasteiger partial charge in [-0.2, -0.15) is 0 Å². The minimum Gasteiger partial charge on any atom is -0.328 e. The van der Waals surface area contributed by atoms with Crippen molar-refractivity contribution in [2.24, 2.45) is 17.6 Å². The highest BCUT2D eigenvalue weighted by Crippen LogP contribution is 2.28. The first-order valence-corrected chi connectivity index (χ1v) is 4.94. The van der Waals surface area contributed by atoms with Crippen LogP contribution in [0.15, 0.2) is 0 Å². The molecule has 1 saturated carbocycles. The number of rotatable bonds is 2. The molecule has 66 valence electrons. The van der Waals surface area contributed by atoms with Gasteiger partial charge in [-0.25, -0.2) is 0 Å². The van der Waals surface area contributed by atoms with Gasteiger partial charge >= 0.3 is 0 Å². The summed E-state index contributed by atoms with van der Waals surface area (Å²) in [4.78, 5) is 0. The normalized spacial score (nSPS) is 32.7. The molecule has 1 heteroatoms. The third-order valence-corrected chi connectivity index (χ3v) is 2.63. The van der Waals surface area contributed by atoms with E-state index in [0.29, 0.717) is 6.04 Å². The monoisotopic (exact) mass is 155 g/mol. The van der Waals surface area contributed by atoms with Crippen LogP contribution >= 0.6 is 0 Å². The minimum atomic E-state index is 0.507. The van der Waals surface area contributed by atoms with Crippen molar-refractivity contribution in [3.8, 4) is 0 Å². The third-order valence-electron chi connectivity index (χ3n) is 2.63. The summed E-state index contributed by atoms with van der Waals surface area (Å²) >= 11 is 0. The lowest BCUT2D eigenvalue weighted by atomic mass is 9.81. The first-order chi connectivity index (χ1) is 5.18. The first kappa shape index (κ1) is 9.05. The van der Waals surface area contributed by atoms with E-state index in [4.69, 9.17) is 5.73 Å². The van der Waals surface area contributed by atoms with Crippen LogP contribution in [0.5, 0.6) is 0 Å². The standard InChI is InChI=1S/C10H21N/c1-8(2)6-9-4-3-5-10(11)7-9/h8-10H,3-7,11H2,1-2H3/t9-,10+/m0/s1. The van der Waals surface area contributed by atoms with Crippen LogP contribution in [0.2, 0.25) is 0 Å². The van der Waals surface area contributed by atoms with Gasteiger partial charge in [-0.05, 0) is 31.1 Å². The summed E-state index contributed by atoms with van der Waals surface area (Å²) in [6.07, 6.45) is 6.70. The van der Waals surface area contributed by atoms with Gasteiger partial charge in [-0.15, -0.1) is 0 Å². The number of hydrogen-bond acceptors (Lipinski definition) is 1. The molecule has 0 amide bonds. The van der Waals surface area contributed by atoms with Crippen LogP contribution in [-0.4, -0.2) is 6.04 Å². The predicted molar refractivity (Wildman–Crippen MR) is 49.4 cm³/mol. The molecule has 1 nitrogen and oxygen atoms in total. The van der Waals surface area contributed by atoms with Gasteiger partial charge in [0.2, 0.25) is 0 Å². The summed E-state index contributed by atoms with van der Waals surface area (Å²) < 4.78 is 0. The van der Waals surface area contributed by atoms with Gasteiger partial charge in [0.05, 0.1) is 0 Å². The van der Waals surface area contributed by atoms with Crippen molar-refractivity contribution in [1.29, 1.82) is 0 Å². The molecule has 0 saturated heterocycles. The smallest absolute Gasteiger partial charge is 0.00414 e. The fraction of sp³-hybridized carbons (Fsp3) is 1.00. The van der Waals surface area contributed by atoms with Crippen LogP contribution in [0, 0.1) is 11.8 Å². The molecule has 11 heavy (non-hydrogen) atoms. The lowest BCUT2D eigenvalue weighted by Gasteiger charge is -2.27. The van der Waals surface area contributed by atoms with Crippen LogP contribution in [0.4, 0.5) is 0 Å². The van der Waals surface area contributed by atoms with Crippen molar-refractivity contribution < 1.29 is 0 Å². The van der Waals surface area contributed by atoms with Crippen molar-refractivity contribution in [3.63, 3.8) is 0 Å². The molecule has 0 radical (unpaired) electrons. The maximum Gasteiger partial charge on any atom is 0.00414 e. The van der Waals surface area contributed by atoms with E-state index in [2.05, 4.69) is 13.8 Å². The van der Waals surface area contributed by atoms with E-state index in [0.717, 1.165) is 11.8 Å². The molecule has 0 bridgehead atoms. The number of nitrogens with two attached hydrogens (primary N) is 1. The van der Waals surface area contributed by atoms with Crippen molar-refractivity contribution in [1.82, 2.24) is 0 Å². The highest BCUT2D eigenvalue weighted by Gasteiger charge is 2.19. The van der Waals surface area contributed by atoms with E-state index in [1.807, 2.05) is 0 Å². The van der Waals surface area contributed by atoms with Gasteiger partial charge in [0.15, 0.2) is 0 Å². The second-order valence-corrected chi connectivity index (χ2v) is 4.42. The molecule has 1 rings (SSSR count). The van der Waals surface area contributed by atoms with E-state index in [1.165, 1.54) is 32.1 Å². The topological polar surface area (TPSA) is 26.0 Å². The molecule has 2 N–H and O–H groups in total. The summed E-state index contributed by atoms with van der Waals surface area (Å²) in [5.41, 5.74) is 5.90. The molecule has 1 fully saturated rings. The maximum absolute atomic E-state index is 5.90. The average molecular weight is 155 g/mol. The molecular formula is C10H21N. The summed E-state index contributed by atoms with van der Waals surface area (Å²) in [5.74, 6) is 1.78. The molecule has 0 heterocycles. The summed E-state index contributed by atoms with van der Waals surface area (Å²) in [6, 6.07) is 0.507. The summed E-state index contributed by atoms with van der Waals surface area (Å²) in [7, 11) is 0.